The Morgan fingerprint density at radius 2 is 1.79 bits per heavy atom. The maximum atomic E-state index is 3.84. The minimum atomic E-state index is 0.464. The Bertz CT molecular complexity index is 423. The maximum absolute atomic E-state index is 3.84. The van der Waals surface area contributed by atoms with Crippen molar-refractivity contribution in [3.63, 3.8) is 0 Å². The fourth-order valence-electron chi connectivity index (χ4n) is 3.24. The van der Waals surface area contributed by atoms with Crippen LogP contribution in [0.25, 0.3) is 0 Å². The van der Waals surface area contributed by atoms with Crippen molar-refractivity contribution in [3.05, 3.63) is 34.9 Å². The fourth-order valence-corrected chi connectivity index (χ4v) is 3.24. The zero-order chi connectivity index (χ0) is 14.0. The summed E-state index contributed by atoms with van der Waals surface area (Å²) in [7, 11) is 0. The molecule has 106 valence electrons. The number of nitrogens with one attached hydrogen (secondary N) is 1. The van der Waals surface area contributed by atoms with E-state index in [4.69, 9.17) is 0 Å². The van der Waals surface area contributed by atoms with E-state index < -0.39 is 0 Å². The minimum Gasteiger partial charge on any atom is -0.307 e. The van der Waals surface area contributed by atoms with Gasteiger partial charge >= 0.3 is 0 Å². The Labute approximate surface area is 118 Å². The van der Waals surface area contributed by atoms with Crippen molar-refractivity contribution in [2.45, 2.75) is 72.4 Å². The lowest BCUT2D eigenvalue weighted by atomic mass is 9.75. The molecule has 2 rings (SSSR count). The molecule has 1 aliphatic rings. The van der Waals surface area contributed by atoms with Crippen LogP contribution in [-0.4, -0.2) is 6.04 Å². The van der Waals surface area contributed by atoms with E-state index in [0.717, 1.165) is 0 Å². The first-order chi connectivity index (χ1) is 8.87. The molecule has 1 fully saturated rings. The van der Waals surface area contributed by atoms with Gasteiger partial charge in [0.15, 0.2) is 0 Å². The first kappa shape index (κ1) is 14.6. The molecule has 0 bridgehead atoms. The molecule has 1 N–H and O–H groups in total. The maximum Gasteiger partial charge on any atom is 0.0297 e. The SMILES string of the molecule is Cc1ccc(C)c(C(C)NC2CCC(C)(C)CC2)c1. The van der Waals surface area contributed by atoms with Crippen LogP contribution in [0.3, 0.4) is 0 Å². The number of benzene rings is 1. The second-order valence-corrected chi connectivity index (χ2v) is 7.19. The largest absolute Gasteiger partial charge is 0.307 e. The van der Waals surface area contributed by atoms with Gasteiger partial charge in [-0.2, -0.15) is 0 Å². The Kier molecular flexibility index (Phi) is 4.35. The summed E-state index contributed by atoms with van der Waals surface area (Å²) < 4.78 is 0. The Morgan fingerprint density at radius 1 is 1.16 bits per heavy atom. The Hall–Kier alpha value is -0.820. The molecule has 1 aromatic carbocycles. The van der Waals surface area contributed by atoms with Gasteiger partial charge in [-0.1, -0.05) is 37.6 Å². The van der Waals surface area contributed by atoms with E-state index in [-0.39, 0.29) is 0 Å². The highest BCUT2D eigenvalue weighted by Gasteiger charge is 2.27. The minimum absolute atomic E-state index is 0.464. The molecular weight excluding hydrogens is 230 g/mol. The van der Waals surface area contributed by atoms with E-state index in [1.807, 2.05) is 0 Å². The summed E-state index contributed by atoms with van der Waals surface area (Å²) in [6, 6.07) is 7.94. The molecule has 1 atom stereocenters. The molecule has 1 heteroatoms. The smallest absolute Gasteiger partial charge is 0.0297 e. The van der Waals surface area contributed by atoms with Gasteiger partial charge in [-0.3, -0.25) is 0 Å². The van der Waals surface area contributed by atoms with Gasteiger partial charge in [0.25, 0.3) is 0 Å². The van der Waals surface area contributed by atoms with Gasteiger partial charge < -0.3 is 5.32 Å². The van der Waals surface area contributed by atoms with Crippen LogP contribution in [0.2, 0.25) is 0 Å². The standard InChI is InChI=1S/C18H29N/c1-13-6-7-14(2)17(12-13)15(3)19-16-8-10-18(4,5)11-9-16/h6-7,12,15-16,19H,8-11H2,1-5H3. The van der Waals surface area contributed by atoms with E-state index in [1.165, 1.54) is 42.4 Å². The Morgan fingerprint density at radius 3 is 2.42 bits per heavy atom. The van der Waals surface area contributed by atoms with Gasteiger partial charge in [-0.05, 0) is 63.0 Å². The molecule has 1 aliphatic carbocycles. The summed E-state index contributed by atoms with van der Waals surface area (Å²) >= 11 is 0. The molecule has 0 heterocycles. The molecule has 1 nitrogen and oxygen atoms in total. The van der Waals surface area contributed by atoms with Crippen LogP contribution < -0.4 is 5.32 Å². The van der Waals surface area contributed by atoms with Crippen LogP contribution in [-0.2, 0) is 0 Å². The molecule has 0 aliphatic heterocycles. The van der Waals surface area contributed by atoms with Crippen LogP contribution in [0.15, 0.2) is 18.2 Å². The lowest BCUT2D eigenvalue weighted by Crippen LogP contribution is -2.37. The molecule has 0 saturated heterocycles. The number of hydrogen-bond donors (Lipinski definition) is 1. The van der Waals surface area contributed by atoms with Crippen molar-refractivity contribution in [1.29, 1.82) is 0 Å². The van der Waals surface area contributed by atoms with Gasteiger partial charge in [-0.25, -0.2) is 0 Å². The van der Waals surface area contributed by atoms with E-state index in [1.54, 1.807) is 0 Å². The van der Waals surface area contributed by atoms with Gasteiger partial charge in [0.1, 0.15) is 0 Å². The number of hydrogen-bond acceptors (Lipinski definition) is 1. The van der Waals surface area contributed by atoms with Crippen LogP contribution in [0.1, 0.15) is 69.2 Å². The molecule has 19 heavy (non-hydrogen) atoms. The first-order valence-corrected chi connectivity index (χ1v) is 7.71. The lowest BCUT2D eigenvalue weighted by Gasteiger charge is -2.36. The van der Waals surface area contributed by atoms with Gasteiger partial charge in [0.2, 0.25) is 0 Å². The predicted molar refractivity (Wildman–Crippen MR) is 83.5 cm³/mol. The highest BCUT2D eigenvalue weighted by atomic mass is 14.9. The molecule has 0 amide bonds. The topological polar surface area (TPSA) is 12.0 Å². The van der Waals surface area contributed by atoms with Crippen molar-refractivity contribution in [3.8, 4) is 0 Å². The molecule has 0 spiro atoms. The Balaban J connectivity index is 1.98. The molecule has 1 unspecified atom stereocenters. The summed E-state index contributed by atoms with van der Waals surface area (Å²) in [5.41, 5.74) is 4.78. The number of aryl methyl sites for hydroxylation is 2. The van der Waals surface area contributed by atoms with E-state index >= 15 is 0 Å². The monoisotopic (exact) mass is 259 g/mol. The van der Waals surface area contributed by atoms with Gasteiger partial charge in [-0.15, -0.1) is 0 Å². The average Bonchev–Trinajstić information content (AvgIpc) is 2.35. The summed E-state index contributed by atoms with van der Waals surface area (Å²) in [5.74, 6) is 0. The van der Waals surface area contributed by atoms with Crippen molar-refractivity contribution < 1.29 is 0 Å². The lowest BCUT2D eigenvalue weighted by molar-refractivity contribution is 0.200. The third-order valence-electron chi connectivity index (χ3n) is 4.73. The van der Waals surface area contributed by atoms with E-state index in [9.17, 15) is 0 Å². The van der Waals surface area contributed by atoms with Gasteiger partial charge in [0, 0.05) is 12.1 Å². The highest BCUT2D eigenvalue weighted by molar-refractivity contribution is 5.32. The summed E-state index contributed by atoms with van der Waals surface area (Å²) in [4.78, 5) is 0. The van der Waals surface area contributed by atoms with Crippen LogP contribution >= 0.6 is 0 Å². The normalized spacial score (nSPS) is 21.3. The highest BCUT2D eigenvalue weighted by Crippen LogP contribution is 2.35. The van der Waals surface area contributed by atoms with Crippen molar-refractivity contribution in [2.75, 3.05) is 0 Å². The zero-order valence-electron chi connectivity index (χ0n) is 13.2. The quantitative estimate of drug-likeness (QED) is 0.812. The van der Waals surface area contributed by atoms with E-state index in [2.05, 4.69) is 58.1 Å². The third kappa shape index (κ3) is 3.82. The molecule has 0 radical (unpaired) electrons. The zero-order valence-corrected chi connectivity index (χ0v) is 13.2. The first-order valence-electron chi connectivity index (χ1n) is 7.71. The average molecular weight is 259 g/mol. The second kappa shape index (κ2) is 5.66. The molecule has 0 aromatic heterocycles. The molecule has 1 saturated carbocycles. The molecule has 1 aromatic rings. The number of rotatable bonds is 3. The fraction of sp³-hybridized carbons (Fsp3) is 0.667. The summed E-state index contributed by atoms with van der Waals surface area (Å²) in [6.45, 7) is 11.5. The summed E-state index contributed by atoms with van der Waals surface area (Å²) in [6.07, 6.45) is 5.35. The predicted octanol–water partition coefficient (Wildman–Crippen LogP) is 4.92. The second-order valence-electron chi connectivity index (χ2n) is 7.19. The van der Waals surface area contributed by atoms with Crippen LogP contribution in [0, 0.1) is 19.3 Å². The molecular formula is C18H29N. The van der Waals surface area contributed by atoms with Crippen molar-refractivity contribution in [1.82, 2.24) is 5.32 Å². The van der Waals surface area contributed by atoms with Crippen molar-refractivity contribution >= 4 is 0 Å². The van der Waals surface area contributed by atoms with Crippen LogP contribution in [0.4, 0.5) is 0 Å². The van der Waals surface area contributed by atoms with Crippen molar-refractivity contribution in [2.24, 2.45) is 5.41 Å². The van der Waals surface area contributed by atoms with Gasteiger partial charge in [0.05, 0.1) is 0 Å². The van der Waals surface area contributed by atoms with Crippen LogP contribution in [0.5, 0.6) is 0 Å². The summed E-state index contributed by atoms with van der Waals surface area (Å²) in [5, 5.41) is 3.84. The third-order valence-corrected chi connectivity index (χ3v) is 4.73. The van der Waals surface area contributed by atoms with E-state index in [0.29, 0.717) is 17.5 Å².